The van der Waals surface area contributed by atoms with Crippen LogP contribution < -0.4 is 0 Å². The minimum atomic E-state index is -1.11. The number of benzene rings is 1. The predicted molar refractivity (Wildman–Crippen MR) is 52.9 cm³/mol. The Bertz CT molecular complexity index is 332. The van der Waals surface area contributed by atoms with Crippen LogP contribution in [0.25, 0.3) is 0 Å². The number of aliphatic imine (C=N–C) groups is 1. The average molecular weight is 214 g/mol. The SMILES string of the molecule is O=C=NCCC(F)c1ccc(Cl)cc1. The van der Waals surface area contributed by atoms with Crippen molar-refractivity contribution in [1.82, 2.24) is 0 Å². The third-order valence-electron chi connectivity index (χ3n) is 1.79. The Kier molecular flexibility index (Phi) is 4.30. The molecule has 1 atom stereocenters. The first-order chi connectivity index (χ1) is 6.74. The van der Waals surface area contributed by atoms with Crippen molar-refractivity contribution >= 4 is 17.7 Å². The van der Waals surface area contributed by atoms with Crippen molar-refractivity contribution in [3.05, 3.63) is 34.9 Å². The highest BCUT2D eigenvalue weighted by atomic mass is 35.5. The van der Waals surface area contributed by atoms with Gasteiger partial charge in [-0.1, -0.05) is 23.7 Å². The van der Waals surface area contributed by atoms with E-state index < -0.39 is 6.17 Å². The van der Waals surface area contributed by atoms with Gasteiger partial charge in [0.1, 0.15) is 6.17 Å². The average Bonchev–Trinajstić information content (AvgIpc) is 2.19. The first-order valence-corrected chi connectivity index (χ1v) is 4.55. The van der Waals surface area contributed by atoms with E-state index in [1.54, 1.807) is 24.3 Å². The second kappa shape index (κ2) is 5.53. The molecule has 0 saturated heterocycles. The first-order valence-electron chi connectivity index (χ1n) is 4.17. The summed E-state index contributed by atoms with van der Waals surface area (Å²) in [4.78, 5) is 13.0. The molecule has 0 heterocycles. The van der Waals surface area contributed by atoms with Gasteiger partial charge in [-0.05, 0) is 17.7 Å². The number of nitrogens with zero attached hydrogens (tertiary/aromatic N) is 1. The van der Waals surface area contributed by atoms with Crippen LogP contribution in [0.5, 0.6) is 0 Å². The van der Waals surface area contributed by atoms with Gasteiger partial charge in [-0.3, -0.25) is 0 Å². The van der Waals surface area contributed by atoms with Crippen molar-refractivity contribution < 1.29 is 9.18 Å². The summed E-state index contributed by atoms with van der Waals surface area (Å²) in [7, 11) is 0. The highest BCUT2D eigenvalue weighted by molar-refractivity contribution is 6.30. The van der Waals surface area contributed by atoms with Crippen molar-refractivity contribution in [1.29, 1.82) is 0 Å². The third-order valence-corrected chi connectivity index (χ3v) is 2.04. The maximum absolute atomic E-state index is 13.4. The van der Waals surface area contributed by atoms with Gasteiger partial charge >= 0.3 is 0 Å². The standard InChI is InChI=1S/C10H9ClFNO/c11-9-3-1-8(2-4-9)10(12)5-6-13-7-14/h1-4,10H,5-6H2. The summed E-state index contributed by atoms with van der Waals surface area (Å²) < 4.78 is 13.4. The summed E-state index contributed by atoms with van der Waals surface area (Å²) in [6, 6.07) is 6.51. The van der Waals surface area contributed by atoms with Gasteiger partial charge in [-0.2, -0.15) is 0 Å². The predicted octanol–water partition coefficient (Wildman–Crippen LogP) is 3.08. The molecule has 1 unspecified atom stereocenters. The van der Waals surface area contributed by atoms with Crippen LogP contribution in [0.15, 0.2) is 29.3 Å². The second-order valence-corrected chi connectivity index (χ2v) is 3.22. The fourth-order valence-corrected chi connectivity index (χ4v) is 1.19. The van der Waals surface area contributed by atoms with E-state index in [1.807, 2.05) is 0 Å². The summed E-state index contributed by atoms with van der Waals surface area (Å²) in [5.74, 6) is 0. The molecule has 0 N–H and O–H groups in total. The molecule has 0 amide bonds. The van der Waals surface area contributed by atoms with Crippen LogP contribution in [0.4, 0.5) is 4.39 Å². The Morgan fingerprint density at radius 2 is 2.07 bits per heavy atom. The molecule has 0 fully saturated rings. The Morgan fingerprint density at radius 1 is 1.43 bits per heavy atom. The second-order valence-electron chi connectivity index (χ2n) is 2.78. The summed E-state index contributed by atoms with van der Waals surface area (Å²) in [5, 5.41) is 0.576. The number of alkyl halides is 1. The maximum Gasteiger partial charge on any atom is 0.234 e. The zero-order valence-corrected chi connectivity index (χ0v) is 8.17. The van der Waals surface area contributed by atoms with Gasteiger partial charge in [-0.15, -0.1) is 0 Å². The monoisotopic (exact) mass is 213 g/mol. The molecule has 0 spiro atoms. The highest BCUT2D eigenvalue weighted by Gasteiger charge is 2.08. The smallest absolute Gasteiger partial charge is 0.234 e. The number of hydrogen-bond donors (Lipinski definition) is 0. The Balaban J connectivity index is 2.55. The molecule has 74 valence electrons. The molecular weight excluding hydrogens is 205 g/mol. The van der Waals surface area contributed by atoms with Crippen molar-refractivity contribution in [2.45, 2.75) is 12.6 Å². The van der Waals surface area contributed by atoms with Gasteiger partial charge in [0.2, 0.25) is 6.08 Å². The van der Waals surface area contributed by atoms with E-state index in [2.05, 4.69) is 4.99 Å². The Labute approximate surface area is 86.4 Å². The molecule has 0 aliphatic heterocycles. The van der Waals surface area contributed by atoms with Gasteiger partial charge < -0.3 is 0 Å². The summed E-state index contributed by atoms with van der Waals surface area (Å²) in [5.41, 5.74) is 0.551. The van der Waals surface area contributed by atoms with E-state index in [4.69, 9.17) is 11.6 Å². The van der Waals surface area contributed by atoms with E-state index in [0.717, 1.165) is 0 Å². The molecule has 0 bridgehead atoms. The summed E-state index contributed by atoms with van der Waals surface area (Å²) in [6.07, 6.45) is 0.455. The molecule has 14 heavy (non-hydrogen) atoms. The normalized spacial score (nSPS) is 11.9. The van der Waals surface area contributed by atoms with Crippen LogP contribution >= 0.6 is 11.6 Å². The number of halogens is 2. The quantitative estimate of drug-likeness (QED) is 0.558. The maximum atomic E-state index is 13.4. The van der Waals surface area contributed by atoms with Crippen molar-refractivity contribution in [3.8, 4) is 0 Å². The molecular formula is C10H9ClFNO. The number of carbonyl (C=O) groups excluding carboxylic acids is 1. The van der Waals surface area contributed by atoms with Crippen molar-refractivity contribution in [3.63, 3.8) is 0 Å². The van der Waals surface area contributed by atoms with Gasteiger partial charge in [0.05, 0.1) is 6.54 Å². The third kappa shape index (κ3) is 3.29. The molecule has 1 rings (SSSR count). The molecule has 0 radical (unpaired) electrons. The van der Waals surface area contributed by atoms with Gasteiger partial charge in [0.25, 0.3) is 0 Å². The van der Waals surface area contributed by atoms with Crippen LogP contribution in [0.3, 0.4) is 0 Å². The molecule has 0 aliphatic carbocycles. The lowest BCUT2D eigenvalue weighted by molar-refractivity contribution is 0.328. The summed E-state index contributed by atoms with van der Waals surface area (Å²) >= 11 is 5.65. The molecule has 0 saturated carbocycles. The van der Waals surface area contributed by atoms with E-state index in [0.29, 0.717) is 10.6 Å². The zero-order chi connectivity index (χ0) is 10.4. The van der Waals surface area contributed by atoms with Crippen LogP contribution in [0.1, 0.15) is 18.2 Å². The zero-order valence-electron chi connectivity index (χ0n) is 7.41. The number of hydrogen-bond acceptors (Lipinski definition) is 2. The fourth-order valence-electron chi connectivity index (χ4n) is 1.06. The Hall–Kier alpha value is -1.18. The minimum absolute atomic E-state index is 0.160. The lowest BCUT2D eigenvalue weighted by atomic mass is 10.1. The molecule has 2 nitrogen and oxygen atoms in total. The van der Waals surface area contributed by atoms with E-state index >= 15 is 0 Å². The van der Waals surface area contributed by atoms with Crippen LogP contribution in [0, 0.1) is 0 Å². The van der Waals surface area contributed by atoms with E-state index in [-0.39, 0.29) is 13.0 Å². The van der Waals surface area contributed by atoms with Crippen LogP contribution in [0.2, 0.25) is 5.02 Å². The van der Waals surface area contributed by atoms with Gasteiger partial charge in [0, 0.05) is 11.4 Å². The van der Waals surface area contributed by atoms with E-state index in [1.165, 1.54) is 6.08 Å². The van der Waals surface area contributed by atoms with E-state index in [9.17, 15) is 9.18 Å². The lowest BCUT2D eigenvalue weighted by Crippen LogP contribution is -1.93. The topological polar surface area (TPSA) is 29.4 Å². The van der Waals surface area contributed by atoms with Crippen LogP contribution in [-0.4, -0.2) is 12.6 Å². The Morgan fingerprint density at radius 3 is 2.64 bits per heavy atom. The first kappa shape index (κ1) is 10.9. The van der Waals surface area contributed by atoms with Crippen molar-refractivity contribution in [2.75, 3.05) is 6.54 Å². The van der Waals surface area contributed by atoms with Crippen LogP contribution in [-0.2, 0) is 4.79 Å². The molecule has 1 aromatic carbocycles. The van der Waals surface area contributed by atoms with Crippen molar-refractivity contribution in [2.24, 2.45) is 4.99 Å². The highest BCUT2D eigenvalue weighted by Crippen LogP contribution is 2.22. The van der Waals surface area contributed by atoms with Gasteiger partial charge in [0.15, 0.2) is 0 Å². The number of isocyanates is 1. The molecule has 0 aliphatic rings. The fraction of sp³-hybridized carbons (Fsp3) is 0.300. The lowest BCUT2D eigenvalue weighted by Gasteiger charge is -2.05. The summed E-state index contributed by atoms with van der Waals surface area (Å²) in [6.45, 7) is 0.160. The molecule has 4 heteroatoms. The largest absolute Gasteiger partial charge is 0.242 e. The minimum Gasteiger partial charge on any atom is -0.242 e. The number of rotatable bonds is 4. The molecule has 1 aromatic rings. The van der Waals surface area contributed by atoms with Gasteiger partial charge in [-0.25, -0.2) is 14.2 Å². The molecule has 0 aromatic heterocycles.